The van der Waals surface area contributed by atoms with Crippen molar-refractivity contribution in [2.24, 2.45) is 22.7 Å². The predicted octanol–water partition coefficient (Wildman–Crippen LogP) is 4.26. The van der Waals surface area contributed by atoms with E-state index in [-0.39, 0.29) is 36.3 Å². The van der Waals surface area contributed by atoms with Crippen molar-refractivity contribution in [2.45, 2.75) is 102 Å². The maximum atomic E-state index is 17.6. The predicted molar refractivity (Wildman–Crippen MR) is 161 cm³/mol. The third kappa shape index (κ3) is 4.64. The van der Waals surface area contributed by atoms with Gasteiger partial charge in [0, 0.05) is 30.2 Å². The first-order chi connectivity index (χ1) is 21.7. The minimum absolute atomic E-state index is 0.0240. The van der Waals surface area contributed by atoms with Gasteiger partial charge < -0.3 is 24.6 Å². The highest BCUT2D eigenvalue weighted by Gasteiger charge is 2.80. The Kier molecular flexibility index (Phi) is 8.13. The summed E-state index contributed by atoms with van der Waals surface area (Å²) in [4.78, 5) is 50.6. The van der Waals surface area contributed by atoms with Crippen molar-refractivity contribution in [3.63, 3.8) is 0 Å². The van der Waals surface area contributed by atoms with Crippen LogP contribution in [0.4, 0.5) is 8.78 Å². The second-order valence-electron chi connectivity index (χ2n) is 13.9. The summed E-state index contributed by atoms with van der Waals surface area (Å²) in [5, 5.41) is 14.4. The third-order valence-electron chi connectivity index (χ3n) is 11.4. The van der Waals surface area contributed by atoms with Crippen molar-refractivity contribution in [1.29, 1.82) is 0 Å². The number of ketones is 2. The summed E-state index contributed by atoms with van der Waals surface area (Å²) in [6, 6.07) is 6.41. The number of carbonyl (C=O) groups excluding carboxylic acids is 4. The molecule has 1 heterocycles. The maximum Gasteiger partial charge on any atom is 0.338 e. The zero-order valence-corrected chi connectivity index (χ0v) is 26.5. The van der Waals surface area contributed by atoms with Gasteiger partial charge in [-0.1, -0.05) is 38.5 Å². The molecule has 4 aliphatic carbocycles. The molecule has 1 aromatic rings. The number of hydrogen-bond donors (Lipinski definition) is 2. The van der Waals surface area contributed by atoms with Gasteiger partial charge >= 0.3 is 5.97 Å². The largest absolute Gasteiger partial charge is 0.454 e. The van der Waals surface area contributed by atoms with Crippen LogP contribution in [0.15, 0.2) is 48.1 Å². The number of amides is 1. The van der Waals surface area contributed by atoms with Crippen LogP contribution in [0.25, 0.3) is 0 Å². The van der Waals surface area contributed by atoms with Crippen molar-refractivity contribution in [1.82, 2.24) is 5.32 Å². The number of Topliss-reactive ketones (excluding diaryl/α,β-unsaturated/α-hetero) is 1. The molecule has 2 unspecified atom stereocenters. The Bertz CT molecular complexity index is 1510. The van der Waals surface area contributed by atoms with Crippen LogP contribution in [-0.4, -0.2) is 71.1 Å². The van der Waals surface area contributed by atoms with E-state index in [2.05, 4.69) is 5.32 Å². The monoisotopic (exact) mass is 641 g/mol. The molecule has 2 N–H and O–H groups in total. The normalized spacial score (nSPS) is 40.7. The van der Waals surface area contributed by atoms with Gasteiger partial charge in [-0.25, -0.2) is 13.6 Å². The molecule has 6 rings (SSSR count). The molecule has 3 saturated carbocycles. The third-order valence-corrected chi connectivity index (χ3v) is 11.4. The Labute approximate surface area is 266 Å². The van der Waals surface area contributed by atoms with E-state index >= 15 is 8.78 Å². The molecule has 1 saturated heterocycles. The second-order valence-corrected chi connectivity index (χ2v) is 13.9. The number of hydrogen-bond acceptors (Lipinski definition) is 8. The van der Waals surface area contributed by atoms with Gasteiger partial charge in [0.1, 0.15) is 6.17 Å². The van der Waals surface area contributed by atoms with Crippen molar-refractivity contribution in [3.8, 4) is 0 Å². The van der Waals surface area contributed by atoms with Crippen molar-refractivity contribution >= 4 is 23.4 Å². The fraction of sp³-hybridized carbons (Fsp3) is 0.600. The van der Waals surface area contributed by atoms with E-state index < -0.39 is 82.7 Å². The number of aliphatic hydroxyl groups excluding tert-OH is 1. The molecule has 0 aromatic heterocycles. The van der Waals surface area contributed by atoms with E-state index in [1.54, 1.807) is 19.1 Å². The Morgan fingerprint density at radius 2 is 1.85 bits per heavy atom. The first-order valence-electron chi connectivity index (χ1n) is 16.0. The minimum Gasteiger partial charge on any atom is -0.454 e. The molecule has 0 radical (unpaired) electrons. The summed E-state index contributed by atoms with van der Waals surface area (Å²) in [6.45, 7) is 6.30. The molecular formula is C35H41F2NO8. The van der Waals surface area contributed by atoms with Crippen molar-refractivity contribution in [3.05, 3.63) is 59.2 Å². The summed E-state index contributed by atoms with van der Waals surface area (Å²) in [5.74, 6) is -3.53. The van der Waals surface area contributed by atoms with E-state index in [0.29, 0.717) is 19.4 Å². The van der Waals surface area contributed by atoms with E-state index in [1.807, 2.05) is 6.92 Å². The smallest absolute Gasteiger partial charge is 0.338 e. The summed E-state index contributed by atoms with van der Waals surface area (Å²) >= 11 is 0. The summed E-state index contributed by atoms with van der Waals surface area (Å²) < 4.78 is 51.7. The Balaban J connectivity index is 1.29. The molecule has 0 spiro atoms. The average Bonchev–Trinajstić information content (AvgIpc) is 3.49. The summed E-state index contributed by atoms with van der Waals surface area (Å²) in [7, 11) is 0. The van der Waals surface area contributed by atoms with Crippen LogP contribution in [0.3, 0.4) is 0 Å². The Morgan fingerprint density at radius 3 is 2.52 bits per heavy atom. The number of rotatable bonds is 8. The van der Waals surface area contributed by atoms with E-state index in [4.69, 9.17) is 14.2 Å². The molecule has 46 heavy (non-hydrogen) atoms. The fourth-order valence-electron chi connectivity index (χ4n) is 9.19. The maximum absolute atomic E-state index is 17.6. The standard InChI is InChI=1S/C35H41F2NO8/c1-5-6-30-45-29-15-23-24-14-26(36)25-13-22(40)11-12-32(25,3)34(24,37)27(41)16-33(23,4)35(29,46-30)28(42)18-44-31(43)21-9-7-20(8-10-21)17-38-19(2)39/h7-13,23-24,26-27,29-30,41H,5-6,14-18H2,1-4H3,(H,38,39)/t23?,24-,26-,27-,29+,30?,32-,33-,34-,35+/m0/s1. The van der Waals surface area contributed by atoms with Crippen LogP contribution in [-0.2, 0) is 35.1 Å². The van der Waals surface area contributed by atoms with Gasteiger partial charge in [-0.3, -0.25) is 14.4 Å². The van der Waals surface area contributed by atoms with Gasteiger partial charge in [-0.05, 0) is 73.9 Å². The number of alkyl halides is 2. The molecule has 4 fully saturated rings. The van der Waals surface area contributed by atoms with E-state index in [9.17, 15) is 24.3 Å². The molecule has 1 aliphatic heterocycles. The average molecular weight is 642 g/mol. The first kappa shape index (κ1) is 32.7. The van der Waals surface area contributed by atoms with E-state index in [0.717, 1.165) is 11.6 Å². The molecule has 11 heteroatoms. The lowest BCUT2D eigenvalue weighted by Crippen LogP contribution is -2.71. The van der Waals surface area contributed by atoms with Gasteiger partial charge in [0.15, 0.2) is 29.9 Å². The molecule has 1 aromatic carbocycles. The topological polar surface area (TPSA) is 128 Å². The van der Waals surface area contributed by atoms with Crippen LogP contribution in [0, 0.1) is 22.7 Å². The first-order valence-corrected chi connectivity index (χ1v) is 16.0. The Hall–Kier alpha value is -3.28. The Morgan fingerprint density at radius 1 is 1.13 bits per heavy atom. The van der Waals surface area contributed by atoms with Crippen LogP contribution in [0.1, 0.15) is 75.7 Å². The number of allylic oxidation sites excluding steroid dienone is 4. The number of ether oxygens (including phenoxy) is 3. The number of carbonyl (C=O) groups is 4. The second kappa shape index (κ2) is 11.5. The zero-order valence-electron chi connectivity index (χ0n) is 26.5. The highest BCUT2D eigenvalue weighted by molar-refractivity contribution is 6.01. The number of halogens is 2. The van der Waals surface area contributed by atoms with Crippen molar-refractivity contribution < 1.29 is 47.3 Å². The number of nitrogens with one attached hydrogen (secondary N) is 1. The SMILES string of the molecule is CCCC1O[C@@H]2CC3[C@@H]4C[C@H](F)C5=CC(=O)C=C[C@]5(C)[C@@]4(F)[C@@H](O)C[C@]3(C)[C@]2(C(=O)COC(=O)c2ccc(CNC(C)=O)cc2)O1. The molecule has 10 atom stereocenters. The summed E-state index contributed by atoms with van der Waals surface area (Å²) in [5.41, 5.74) is -5.71. The lowest BCUT2D eigenvalue weighted by Gasteiger charge is -2.63. The fourth-order valence-corrected chi connectivity index (χ4v) is 9.19. The van der Waals surface area contributed by atoms with Crippen molar-refractivity contribution in [2.75, 3.05) is 6.61 Å². The molecular weight excluding hydrogens is 600 g/mol. The van der Waals surface area contributed by atoms with Crippen LogP contribution >= 0.6 is 0 Å². The molecule has 5 aliphatic rings. The number of esters is 1. The number of aliphatic hydroxyl groups is 1. The van der Waals surface area contributed by atoms with Gasteiger partial charge in [-0.15, -0.1) is 0 Å². The molecule has 248 valence electrons. The lowest BCUT2D eigenvalue weighted by atomic mass is 9.44. The highest BCUT2D eigenvalue weighted by atomic mass is 19.1. The van der Waals surface area contributed by atoms with Gasteiger partial charge in [0.05, 0.1) is 17.8 Å². The van der Waals surface area contributed by atoms with Gasteiger partial charge in [0.2, 0.25) is 11.7 Å². The van der Waals surface area contributed by atoms with Gasteiger partial charge in [-0.2, -0.15) is 0 Å². The van der Waals surface area contributed by atoms with Crippen LogP contribution in [0.5, 0.6) is 0 Å². The zero-order chi connectivity index (χ0) is 33.2. The minimum atomic E-state index is -2.31. The lowest BCUT2D eigenvalue weighted by molar-refractivity contribution is -0.234. The molecule has 9 nitrogen and oxygen atoms in total. The van der Waals surface area contributed by atoms with Crippen LogP contribution < -0.4 is 5.32 Å². The summed E-state index contributed by atoms with van der Waals surface area (Å²) in [6.07, 6.45) is -0.0887. The van der Waals surface area contributed by atoms with Gasteiger partial charge in [0.25, 0.3) is 0 Å². The highest BCUT2D eigenvalue weighted by Crippen LogP contribution is 2.72. The number of benzene rings is 1. The van der Waals surface area contributed by atoms with E-state index in [1.165, 1.54) is 38.1 Å². The number of fused-ring (bicyclic) bond motifs is 7. The van der Waals surface area contributed by atoms with Crippen LogP contribution in [0.2, 0.25) is 0 Å². The molecule has 1 amide bonds. The molecule has 0 bridgehead atoms. The quantitative estimate of drug-likeness (QED) is 0.404.